The topological polar surface area (TPSA) is 100 Å². The van der Waals surface area contributed by atoms with Crippen LogP contribution in [0.2, 0.25) is 0 Å². The lowest BCUT2D eigenvalue weighted by Crippen LogP contribution is -2.52. The zero-order valence-electron chi connectivity index (χ0n) is 17.6. The number of hydrogen-bond donors (Lipinski definition) is 2. The van der Waals surface area contributed by atoms with Crippen LogP contribution >= 0.6 is 0 Å². The maximum absolute atomic E-state index is 12.9. The predicted octanol–water partition coefficient (Wildman–Crippen LogP) is 1.03. The summed E-state index contributed by atoms with van der Waals surface area (Å²) in [5.74, 6) is 0.131. The smallest absolute Gasteiger partial charge is 0.338 e. The molecule has 0 aromatic heterocycles. The van der Waals surface area contributed by atoms with E-state index in [2.05, 4.69) is 15.5 Å². The molecular weight excluding hydrogens is 388 g/mol. The molecule has 3 amide bonds. The highest BCUT2D eigenvalue weighted by Crippen LogP contribution is 2.33. The Morgan fingerprint density at radius 1 is 1.17 bits per heavy atom. The third-order valence-corrected chi connectivity index (χ3v) is 5.30. The number of methoxy groups -OCH3 is 1. The molecule has 1 atom stereocenters. The molecule has 0 radical (unpaired) electrons. The number of nitrogens with one attached hydrogen (secondary N) is 2. The monoisotopic (exact) mass is 416 g/mol. The Balaban J connectivity index is 1.94. The number of hydrogen-bond acceptors (Lipinski definition) is 6. The largest absolute Gasteiger partial charge is 0.496 e. The van der Waals surface area contributed by atoms with Crippen LogP contribution in [-0.4, -0.2) is 74.1 Å². The Morgan fingerprint density at radius 3 is 2.50 bits per heavy atom. The Labute approximate surface area is 176 Å². The summed E-state index contributed by atoms with van der Waals surface area (Å²) >= 11 is 0. The second-order valence-corrected chi connectivity index (χ2v) is 7.17. The van der Waals surface area contributed by atoms with Crippen LogP contribution in [0.15, 0.2) is 35.5 Å². The van der Waals surface area contributed by atoms with Crippen molar-refractivity contribution in [3.63, 3.8) is 0 Å². The van der Waals surface area contributed by atoms with Crippen LogP contribution < -0.4 is 15.4 Å². The zero-order chi connectivity index (χ0) is 21.7. The van der Waals surface area contributed by atoms with Crippen LogP contribution in [-0.2, 0) is 14.3 Å². The number of esters is 1. The van der Waals surface area contributed by atoms with Crippen molar-refractivity contribution < 1.29 is 23.9 Å². The second-order valence-electron chi connectivity index (χ2n) is 7.17. The van der Waals surface area contributed by atoms with Crippen molar-refractivity contribution in [2.75, 3.05) is 46.4 Å². The van der Waals surface area contributed by atoms with Crippen LogP contribution in [0.25, 0.3) is 0 Å². The molecule has 0 saturated carbocycles. The summed E-state index contributed by atoms with van der Waals surface area (Å²) in [7, 11) is 1.55. The van der Waals surface area contributed by atoms with Crippen LogP contribution in [0.3, 0.4) is 0 Å². The quantitative estimate of drug-likeness (QED) is 0.672. The maximum atomic E-state index is 12.9. The maximum Gasteiger partial charge on any atom is 0.338 e. The highest BCUT2D eigenvalue weighted by molar-refractivity contribution is 5.95. The van der Waals surface area contributed by atoms with Crippen molar-refractivity contribution >= 4 is 17.9 Å². The number of carbonyl (C=O) groups is 3. The average molecular weight is 416 g/mol. The van der Waals surface area contributed by atoms with Gasteiger partial charge in [0.05, 0.1) is 25.3 Å². The van der Waals surface area contributed by atoms with Gasteiger partial charge in [0.15, 0.2) is 0 Å². The molecule has 1 fully saturated rings. The first-order valence-electron chi connectivity index (χ1n) is 10.0. The van der Waals surface area contributed by atoms with Gasteiger partial charge in [0.25, 0.3) is 0 Å². The van der Waals surface area contributed by atoms with Crippen molar-refractivity contribution in [3.8, 4) is 5.75 Å². The van der Waals surface area contributed by atoms with Gasteiger partial charge >= 0.3 is 12.0 Å². The Morgan fingerprint density at radius 2 is 1.87 bits per heavy atom. The number of amides is 3. The van der Waals surface area contributed by atoms with Gasteiger partial charge in [0, 0.05) is 50.9 Å². The van der Waals surface area contributed by atoms with E-state index in [1.807, 2.05) is 18.2 Å². The number of ether oxygens (including phenoxy) is 2. The van der Waals surface area contributed by atoms with Gasteiger partial charge in [0.2, 0.25) is 5.91 Å². The zero-order valence-corrected chi connectivity index (χ0v) is 17.6. The number of benzene rings is 1. The van der Waals surface area contributed by atoms with E-state index < -0.39 is 18.0 Å². The summed E-state index contributed by atoms with van der Waals surface area (Å²) < 4.78 is 10.8. The normalized spacial score (nSPS) is 19.8. The molecule has 2 N–H and O–H groups in total. The van der Waals surface area contributed by atoms with Crippen molar-refractivity contribution in [1.82, 2.24) is 20.4 Å². The summed E-state index contributed by atoms with van der Waals surface area (Å²) in [5, 5.41) is 5.62. The van der Waals surface area contributed by atoms with Gasteiger partial charge in [-0.2, -0.15) is 0 Å². The lowest BCUT2D eigenvalue weighted by Gasteiger charge is -2.36. The third kappa shape index (κ3) is 4.73. The minimum absolute atomic E-state index is 0.0486. The fourth-order valence-electron chi connectivity index (χ4n) is 3.78. The van der Waals surface area contributed by atoms with E-state index in [1.54, 1.807) is 31.9 Å². The molecule has 0 spiro atoms. The van der Waals surface area contributed by atoms with E-state index in [0.29, 0.717) is 55.3 Å². The number of nitrogens with zero attached hydrogens (tertiary/aromatic N) is 2. The molecule has 9 heteroatoms. The van der Waals surface area contributed by atoms with Gasteiger partial charge in [0.1, 0.15) is 5.75 Å². The lowest BCUT2D eigenvalue weighted by atomic mass is 9.94. The predicted molar refractivity (Wildman–Crippen MR) is 110 cm³/mol. The first-order chi connectivity index (χ1) is 14.4. The molecule has 2 heterocycles. The van der Waals surface area contributed by atoms with Gasteiger partial charge < -0.3 is 25.0 Å². The summed E-state index contributed by atoms with van der Waals surface area (Å²) in [4.78, 5) is 40.8. The van der Waals surface area contributed by atoms with Crippen molar-refractivity contribution in [1.29, 1.82) is 0 Å². The lowest BCUT2D eigenvalue weighted by molar-refractivity contribution is -0.139. The van der Waals surface area contributed by atoms with Gasteiger partial charge in [-0.15, -0.1) is 0 Å². The second kappa shape index (κ2) is 9.62. The van der Waals surface area contributed by atoms with E-state index in [-0.39, 0.29) is 12.5 Å². The third-order valence-electron chi connectivity index (χ3n) is 5.30. The van der Waals surface area contributed by atoms with Crippen LogP contribution in [0.4, 0.5) is 4.79 Å². The van der Waals surface area contributed by atoms with Crippen molar-refractivity contribution in [2.24, 2.45) is 0 Å². The summed E-state index contributed by atoms with van der Waals surface area (Å²) in [6, 6.07) is 6.17. The van der Waals surface area contributed by atoms with E-state index in [4.69, 9.17) is 9.47 Å². The summed E-state index contributed by atoms with van der Waals surface area (Å²) in [5.41, 5.74) is 1.54. The highest BCUT2D eigenvalue weighted by Gasteiger charge is 2.36. The standard InChI is InChI=1S/C21H28N4O5/c1-4-30-20(27)18-16(13-24-9-11-25(12-10-24)14(2)26)22-21(28)23-19(18)15-7-5-6-8-17(15)29-3/h5-8,19H,4,9-13H2,1-3H3,(H2,22,23,28)/t19-/m0/s1. The number of rotatable bonds is 6. The number of urea groups is 1. The van der Waals surface area contributed by atoms with Crippen LogP contribution in [0.1, 0.15) is 25.5 Å². The molecule has 30 heavy (non-hydrogen) atoms. The van der Waals surface area contributed by atoms with Crippen LogP contribution in [0.5, 0.6) is 5.75 Å². The molecule has 3 rings (SSSR count). The van der Waals surface area contributed by atoms with Gasteiger partial charge in [-0.05, 0) is 13.0 Å². The molecule has 1 aromatic rings. The average Bonchev–Trinajstić information content (AvgIpc) is 2.73. The highest BCUT2D eigenvalue weighted by atomic mass is 16.5. The first kappa shape index (κ1) is 21.6. The van der Waals surface area contributed by atoms with E-state index >= 15 is 0 Å². The molecule has 162 valence electrons. The van der Waals surface area contributed by atoms with Gasteiger partial charge in [-0.25, -0.2) is 9.59 Å². The number of para-hydroxylation sites is 1. The fourth-order valence-corrected chi connectivity index (χ4v) is 3.78. The molecule has 1 saturated heterocycles. The molecule has 0 aliphatic carbocycles. The Bertz CT molecular complexity index is 846. The van der Waals surface area contributed by atoms with E-state index in [9.17, 15) is 14.4 Å². The Hall–Kier alpha value is -3.07. The molecule has 0 unspecified atom stereocenters. The molecule has 9 nitrogen and oxygen atoms in total. The first-order valence-corrected chi connectivity index (χ1v) is 10.0. The molecule has 1 aromatic carbocycles. The summed E-state index contributed by atoms with van der Waals surface area (Å²) in [6.07, 6.45) is 0. The minimum Gasteiger partial charge on any atom is -0.496 e. The number of piperazine rings is 1. The van der Waals surface area contributed by atoms with E-state index in [0.717, 1.165) is 0 Å². The summed E-state index contributed by atoms with van der Waals surface area (Å²) in [6.45, 7) is 6.43. The SMILES string of the molecule is CCOC(=O)C1=C(CN2CCN(C(C)=O)CC2)NC(=O)N[C@H]1c1ccccc1OC. The minimum atomic E-state index is -0.692. The molecule has 2 aliphatic rings. The molecule has 2 aliphatic heterocycles. The van der Waals surface area contributed by atoms with Crippen LogP contribution in [0, 0.1) is 0 Å². The van der Waals surface area contributed by atoms with E-state index in [1.165, 1.54) is 0 Å². The molecular formula is C21H28N4O5. The van der Waals surface area contributed by atoms with Gasteiger partial charge in [-0.1, -0.05) is 18.2 Å². The van der Waals surface area contributed by atoms with Gasteiger partial charge in [-0.3, -0.25) is 9.69 Å². The van der Waals surface area contributed by atoms with Crippen molar-refractivity contribution in [3.05, 3.63) is 41.1 Å². The van der Waals surface area contributed by atoms with Crippen molar-refractivity contribution in [2.45, 2.75) is 19.9 Å². The molecule has 0 bridgehead atoms. The fraction of sp³-hybridized carbons (Fsp3) is 0.476. The number of carbonyl (C=O) groups excluding carboxylic acids is 3. The Kier molecular flexibility index (Phi) is 6.94.